The molecule has 0 aliphatic carbocycles. The van der Waals surface area contributed by atoms with Crippen molar-refractivity contribution < 1.29 is 0 Å². The van der Waals surface area contributed by atoms with Crippen LogP contribution in [0.25, 0.3) is 11.1 Å². The van der Waals surface area contributed by atoms with Gasteiger partial charge in [-0.05, 0) is 49.2 Å². The summed E-state index contributed by atoms with van der Waals surface area (Å²) in [5, 5.41) is 18.7. The maximum absolute atomic E-state index is 9.69. The Hall–Kier alpha value is -2.82. The van der Waals surface area contributed by atoms with Gasteiger partial charge in [-0.3, -0.25) is 0 Å². The Labute approximate surface area is 155 Å². The molecule has 3 aromatic rings. The highest BCUT2D eigenvalue weighted by molar-refractivity contribution is 9.10. The minimum atomic E-state index is 0.616. The van der Waals surface area contributed by atoms with Gasteiger partial charge in [0.05, 0.1) is 17.2 Å². The summed E-state index contributed by atoms with van der Waals surface area (Å²) >= 11 is 3.51. The fraction of sp³-hybridized carbons (Fsp3) is 0.143. The summed E-state index contributed by atoms with van der Waals surface area (Å²) < 4.78 is 3.22. The van der Waals surface area contributed by atoms with Gasteiger partial charge in [0.15, 0.2) is 0 Å². The fourth-order valence-electron chi connectivity index (χ4n) is 3.14. The second-order valence-corrected chi connectivity index (χ2v) is 6.85. The SMILES string of the molecule is Cc1c(C#N)c(-c2ccc(C#N)cc2)c(C)n1Cc1cccc(Br)c1. The minimum Gasteiger partial charge on any atom is -0.343 e. The van der Waals surface area contributed by atoms with E-state index in [1.807, 2.05) is 38.1 Å². The zero-order valence-corrected chi connectivity index (χ0v) is 15.6. The molecule has 0 unspecified atom stereocenters. The lowest BCUT2D eigenvalue weighted by atomic mass is 10.0. The lowest BCUT2D eigenvalue weighted by Gasteiger charge is -2.10. The molecule has 0 spiro atoms. The molecule has 0 fully saturated rings. The number of hydrogen-bond donors (Lipinski definition) is 0. The molecule has 0 bridgehead atoms. The first kappa shape index (κ1) is 17.0. The first-order valence-corrected chi connectivity index (χ1v) is 8.69. The van der Waals surface area contributed by atoms with Gasteiger partial charge in [0.1, 0.15) is 6.07 Å². The van der Waals surface area contributed by atoms with Gasteiger partial charge in [-0.1, -0.05) is 40.2 Å². The van der Waals surface area contributed by atoms with Gasteiger partial charge in [0.2, 0.25) is 0 Å². The van der Waals surface area contributed by atoms with Crippen molar-refractivity contribution in [3.63, 3.8) is 0 Å². The Morgan fingerprint density at radius 2 is 1.68 bits per heavy atom. The van der Waals surface area contributed by atoms with Crippen molar-refractivity contribution in [3.05, 3.63) is 81.1 Å². The van der Waals surface area contributed by atoms with Crippen molar-refractivity contribution in [1.82, 2.24) is 4.57 Å². The molecule has 122 valence electrons. The zero-order valence-electron chi connectivity index (χ0n) is 14.0. The Bertz CT molecular complexity index is 1020. The van der Waals surface area contributed by atoms with Crippen LogP contribution in [0.4, 0.5) is 0 Å². The third kappa shape index (κ3) is 3.22. The molecule has 3 rings (SSSR count). The average Bonchev–Trinajstić information content (AvgIpc) is 2.86. The smallest absolute Gasteiger partial charge is 0.102 e. The molecule has 0 saturated heterocycles. The second-order valence-electron chi connectivity index (χ2n) is 5.94. The molecule has 25 heavy (non-hydrogen) atoms. The van der Waals surface area contributed by atoms with Crippen LogP contribution in [0, 0.1) is 36.5 Å². The van der Waals surface area contributed by atoms with Gasteiger partial charge in [0.25, 0.3) is 0 Å². The number of nitrogens with zero attached hydrogens (tertiary/aromatic N) is 3. The van der Waals surface area contributed by atoms with E-state index in [1.54, 1.807) is 12.1 Å². The summed E-state index contributed by atoms with van der Waals surface area (Å²) in [4.78, 5) is 0. The largest absolute Gasteiger partial charge is 0.343 e. The average molecular weight is 390 g/mol. The van der Waals surface area contributed by atoms with E-state index in [0.29, 0.717) is 17.7 Å². The second kappa shape index (κ2) is 6.97. The quantitative estimate of drug-likeness (QED) is 0.607. The van der Waals surface area contributed by atoms with E-state index in [4.69, 9.17) is 5.26 Å². The summed E-state index contributed by atoms with van der Waals surface area (Å²) in [6.45, 7) is 4.73. The molecule has 0 saturated carbocycles. The highest BCUT2D eigenvalue weighted by atomic mass is 79.9. The van der Waals surface area contributed by atoms with Crippen molar-refractivity contribution in [2.24, 2.45) is 0 Å². The molecule has 4 heteroatoms. The lowest BCUT2D eigenvalue weighted by Crippen LogP contribution is -2.04. The van der Waals surface area contributed by atoms with Crippen LogP contribution < -0.4 is 0 Å². The molecule has 0 atom stereocenters. The lowest BCUT2D eigenvalue weighted by molar-refractivity contribution is 0.749. The molecular weight excluding hydrogens is 374 g/mol. The van der Waals surface area contributed by atoms with Crippen LogP contribution in [0.3, 0.4) is 0 Å². The molecule has 0 radical (unpaired) electrons. The van der Waals surface area contributed by atoms with Crippen molar-refractivity contribution in [3.8, 4) is 23.3 Å². The van der Waals surface area contributed by atoms with E-state index >= 15 is 0 Å². The van der Waals surface area contributed by atoms with Crippen LogP contribution in [0.2, 0.25) is 0 Å². The van der Waals surface area contributed by atoms with Crippen LogP contribution in [-0.4, -0.2) is 4.57 Å². The van der Waals surface area contributed by atoms with E-state index in [1.165, 1.54) is 5.56 Å². The van der Waals surface area contributed by atoms with Crippen molar-refractivity contribution in [2.45, 2.75) is 20.4 Å². The first-order valence-electron chi connectivity index (χ1n) is 7.90. The van der Waals surface area contributed by atoms with Crippen molar-refractivity contribution in [1.29, 1.82) is 10.5 Å². The van der Waals surface area contributed by atoms with E-state index in [0.717, 1.165) is 27.0 Å². The van der Waals surface area contributed by atoms with Crippen LogP contribution in [0.5, 0.6) is 0 Å². The van der Waals surface area contributed by atoms with E-state index in [-0.39, 0.29) is 0 Å². The highest BCUT2D eigenvalue weighted by Crippen LogP contribution is 2.32. The third-order valence-electron chi connectivity index (χ3n) is 4.43. The van der Waals surface area contributed by atoms with Crippen LogP contribution in [0.15, 0.2) is 53.0 Å². The molecule has 0 N–H and O–H groups in total. The Morgan fingerprint density at radius 1 is 0.960 bits per heavy atom. The van der Waals surface area contributed by atoms with Crippen molar-refractivity contribution >= 4 is 15.9 Å². The van der Waals surface area contributed by atoms with E-state index in [2.05, 4.69) is 44.8 Å². The number of rotatable bonds is 3. The Balaban J connectivity index is 2.11. The number of nitriles is 2. The molecule has 1 heterocycles. The van der Waals surface area contributed by atoms with Gasteiger partial charge < -0.3 is 4.57 Å². The summed E-state index contributed by atoms with van der Waals surface area (Å²) in [5.74, 6) is 0. The fourth-order valence-corrected chi connectivity index (χ4v) is 3.59. The maximum atomic E-state index is 9.69. The topological polar surface area (TPSA) is 52.5 Å². The molecule has 0 amide bonds. The van der Waals surface area contributed by atoms with Gasteiger partial charge >= 0.3 is 0 Å². The number of halogens is 1. The molecule has 3 nitrogen and oxygen atoms in total. The van der Waals surface area contributed by atoms with Crippen LogP contribution in [-0.2, 0) is 6.54 Å². The Kier molecular flexibility index (Phi) is 4.74. The Morgan fingerprint density at radius 3 is 2.28 bits per heavy atom. The van der Waals surface area contributed by atoms with Crippen molar-refractivity contribution in [2.75, 3.05) is 0 Å². The number of benzene rings is 2. The predicted octanol–water partition coefficient (Wildman–Crippen LogP) is 5.33. The summed E-state index contributed by atoms with van der Waals surface area (Å²) in [6, 6.07) is 20.1. The molecule has 1 aromatic heterocycles. The zero-order chi connectivity index (χ0) is 18.0. The third-order valence-corrected chi connectivity index (χ3v) is 4.92. The predicted molar refractivity (Wildman–Crippen MR) is 102 cm³/mol. The minimum absolute atomic E-state index is 0.616. The van der Waals surface area contributed by atoms with Crippen LogP contribution >= 0.6 is 15.9 Å². The van der Waals surface area contributed by atoms with E-state index in [9.17, 15) is 5.26 Å². The van der Waals surface area contributed by atoms with Gasteiger partial charge in [-0.2, -0.15) is 10.5 Å². The van der Waals surface area contributed by atoms with Gasteiger partial charge in [-0.25, -0.2) is 0 Å². The summed E-state index contributed by atoms with van der Waals surface area (Å²) in [7, 11) is 0. The van der Waals surface area contributed by atoms with Gasteiger partial charge in [0, 0.05) is 28.0 Å². The normalized spacial score (nSPS) is 10.3. The molecule has 0 aliphatic rings. The molecule has 2 aromatic carbocycles. The first-order chi connectivity index (χ1) is 12.0. The molecule has 0 aliphatic heterocycles. The summed E-state index contributed by atoms with van der Waals surface area (Å²) in [6.07, 6.45) is 0. The number of hydrogen-bond acceptors (Lipinski definition) is 2. The molecular formula is C21H16BrN3. The standard InChI is InChI=1S/C21H16BrN3/c1-14-20(12-24)21(18-8-6-16(11-23)7-9-18)15(2)25(14)13-17-4-3-5-19(22)10-17/h3-10H,13H2,1-2H3. The maximum Gasteiger partial charge on any atom is 0.102 e. The number of aromatic nitrogens is 1. The van der Waals surface area contributed by atoms with Crippen LogP contribution in [0.1, 0.15) is 28.1 Å². The highest BCUT2D eigenvalue weighted by Gasteiger charge is 2.19. The monoisotopic (exact) mass is 389 g/mol. The van der Waals surface area contributed by atoms with E-state index < -0.39 is 0 Å². The van der Waals surface area contributed by atoms with Gasteiger partial charge in [-0.15, -0.1) is 0 Å². The summed E-state index contributed by atoms with van der Waals surface area (Å²) in [5.41, 5.74) is 6.40.